The van der Waals surface area contributed by atoms with E-state index in [2.05, 4.69) is 26.2 Å². The summed E-state index contributed by atoms with van der Waals surface area (Å²) < 4.78 is 11.2. The third-order valence-electron chi connectivity index (χ3n) is 6.76. The first-order valence-electron chi connectivity index (χ1n) is 12.7. The molecule has 1 atom stereocenters. The van der Waals surface area contributed by atoms with Crippen LogP contribution in [-0.2, 0) is 19.0 Å². The molecule has 2 aliphatic carbocycles. The third-order valence-corrected chi connectivity index (χ3v) is 6.76. The molecule has 0 saturated carbocycles. The fraction of sp³-hybridized carbons (Fsp3) is 0.500. The number of carbonyl (C=O) groups excluding carboxylic acids is 2. The minimum absolute atomic E-state index is 0.214. The molecule has 8 heteroatoms. The highest BCUT2D eigenvalue weighted by Gasteiger charge is 2.36. The monoisotopic (exact) mass is 494 g/mol. The third kappa shape index (κ3) is 6.48. The molecule has 0 spiro atoms. The lowest BCUT2D eigenvalue weighted by molar-refractivity contribution is -0.143. The molecule has 2 bridgehead atoms. The van der Waals surface area contributed by atoms with Crippen LogP contribution < -0.4 is 5.43 Å². The van der Waals surface area contributed by atoms with Crippen LogP contribution in [-0.4, -0.2) is 48.2 Å². The van der Waals surface area contributed by atoms with Gasteiger partial charge in [0, 0.05) is 17.6 Å². The van der Waals surface area contributed by atoms with Crippen LogP contribution in [0.4, 0.5) is 0 Å². The Morgan fingerprint density at radius 1 is 1.14 bits per heavy atom. The van der Waals surface area contributed by atoms with Crippen LogP contribution in [0.5, 0.6) is 0 Å². The Hall–Kier alpha value is -2.84. The first kappa shape index (κ1) is 27.7. The Kier molecular flexibility index (Phi) is 8.85. The molecule has 194 valence electrons. The van der Waals surface area contributed by atoms with Gasteiger partial charge >= 0.3 is 7.12 Å². The molecule has 0 aromatic heterocycles. The maximum atomic E-state index is 13.9. The number of hydrogen-bond donors (Lipinski definition) is 2. The van der Waals surface area contributed by atoms with Crippen molar-refractivity contribution in [2.75, 3.05) is 13.2 Å². The summed E-state index contributed by atoms with van der Waals surface area (Å²) in [6.45, 7) is 14.6. The number of rotatable bonds is 4. The number of nitrogens with one attached hydrogen (secondary N) is 1. The molecule has 1 aliphatic heterocycles. The zero-order valence-corrected chi connectivity index (χ0v) is 22.6. The summed E-state index contributed by atoms with van der Waals surface area (Å²) in [6, 6.07) is -0.234. The molecule has 7 nitrogen and oxygen atoms in total. The fourth-order valence-corrected chi connectivity index (χ4v) is 4.84. The van der Waals surface area contributed by atoms with Crippen LogP contribution in [0.15, 0.2) is 69.5 Å². The topological polar surface area (TPSA) is 88.1 Å². The molecular weight excluding hydrogens is 455 g/mol. The van der Waals surface area contributed by atoms with E-state index < -0.39 is 13.0 Å². The number of fused-ring (bicyclic) bond motifs is 2. The molecule has 0 aromatic carbocycles. The van der Waals surface area contributed by atoms with Crippen molar-refractivity contribution in [2.24, 2.45) is 5.41 Å². The molecule has 0 radical (unpaired) electrons. The van der Waals surface area contributed by atoms with E-state index in [-0.39, 0.29) is 30.6 Å². The molecule has 3 rings (SSSR count). The van der Waals surface area contributed by atoms with Crippen molar-refractivity contribution in [3.63, 3.8) is 0 Å². The van der Waals surface area contributed by atoms with Gasteiger partial charge in [-0.3, -0.25) is 15.0 Å². The van der Waals surface area contributed by atoms with Gasteiger partial charge in [0.2, 0.25) is 0 Å². The van der Waals surface area contributed by atoms with Gasteiger partial charge in [0.05, 0.1) is 12.6 Å². The van der Waals surface area contributed by atoms with Crippen LogP contribution in [0.2, 0.25) is 0 Å². The first-order chi connectivity index (χ1) is 16.9. The van der Waals surface area contributed by atoms with Crippen molar-refractivity contribution < 1.29 is 24.0 Å². The molecule has 3 aliphatic rings. The van der Waals surface area contributed by atoms with E-state index in [9.17, 15) is 14.6 Å². The number of hydrogen-bond acceptors (Lipinski definition) is 5. The van der Waals surface area contributed by atoms with E-state index >= 15 is 0 Å². The molecule has 0 unspecified atom stereocenters. The quantitative estimate of drug-likeness (QED) is 0.444. The van der Waals surface area contributed by atoms with E-state index in [0.29, 0.717) is 47.2 Å². The zero-order chi connectivity index (χ0) is 26.6. The van der Waals surface area contributed by atoms with E-state index in [4.69, 9.17) is 9.39 Å². The fourth-order valence-electron chi connectivity index (χ4n) is 4.84. The van der Waals surface area contributed by atoms with Crippen molar-refractivity contribution in [3.05, 3.63) is 69.5 Å². The highest BCUT2D eigenvalue weighted by atomic mass is 16.5. The van der Waals surface area contributed by atoms with Crippen LogP contribution >= 0.6 is 0 Å². The maximum absolute atomic E-state index is 13.9. The molecule has 1 saturated heterocycles. The van der Waals surface area contributed by atoms with Crippen LogP contribution in [0.25, 0.3) is 0 Å². The summed E-state index contributed by atoms with van der Waals surface area (Å²) in [7, 11) is -1.05. The van der Waals surface area contributed by atoms with Crippen molar-refractivity contribution in [3.8, 4) is 0 Å². The minimum atomic E-state index is -1.05. The first-order valence-corrected chi connectivity index (χ1v) is 12.7. The number of hydrazine groups is 1. The van der Waals surface area contributed by atoms with Gasteiger partial charge in [-0.05, 0) is 56.1 Å². The van der Waals surface area contributed by atoms with Crippen LogP contribution in [0, 0.1) is 5.41 Å². The predicted molar refractivity (Wildman–Crippen MR) is 142 cm³/mol. The Morgan fingerprint density at radius 3 is 2.53 bits per heavy atom. The molecule has 2 amide bonds. The van der Waals surface area contributed by atoms with Gasteiger partial charge in [-0.25, -0.2) is 5.01 Å². The van der Waals surface area contributed by atoms with Gasteiger partial charge in [0.15, 0.2) is 0 Å². The second kappa shape index (κ2) is 11.5. The summed E-state index contributed by atoms with van der Waals surface area (Å²) in [5.74, 6) is 0.00947. The zero-order valence-electron chi connectivity index (χ0n) is 22.6. The predicted octanol–water partition coefficient (Wildman–Crippen LogP) is 4.49. The highest BCUT2D eigenvalue weighted by Crippen LogP contribution is 2.31. The Labute approximate surface area is 215 Å². The standard InChI is InChI=1S/C28H39BN2O5/c1-8-25(28(5,6)7)31(27(33)21-10-9-18(2)15-19(3)16-21)30-26(32)23-12-11-22-17-24(20(23)4)35-13-14-36-29(22)34/h9,11-12,15-16,25,34H,8,10,13-14,17H2,1-7H3,(H,30,32)/t25-/m0/s1. The van der Waals surface area contributed by atoms with Crippen molar-refractivity contribution >= 4 is 18.9 Å². The summed E-state index contributed by atoms with van der Waals surface area (Å²) >= 11 is 0. The lowest BCUT2D eigenvalue weighted by Crippen LogP contribution is -2.56. The molecule has 1 heterocycles. The molecule has 2 N–H and O–H groups in total. The van der Waals surface area contributed by atoms with Crippen molar-refractivity contribution in [1.29, 1.82) is 0 Å². The average Bonchev–Trinajstić information content (AvgIpc) is 3.07. The number of amides is 2. The van der Waals surface area contributed by atoms with E-state index in [0.717, 1.165) is 11.1 Å². The van der Waals surface area contributed by atoms with Gasteiger partial charge in [-0.15, -0.1) is 0 Å². The number of carbonyl (C=O) groups is 2. The molecule has 0 aromatic rings. The largest absolute Gasteiger partial charge is 0.495 e. The molecule has 36 heavy (non-hydrogen) atoms. The summed E-state index contributed by atoms with van der Waals surface area (Å²) in [5.41, 5.74) is 7.09. The molecule has 1 fully saturated rings. The maximum Gasteiger partial charge on any atom is 0.487 e. The SMILES string of the molecule is CC[C@H](N(NC(=O)C1=CC=C2CC(=C1C)OCCOB2O)C(=O)C1=CC(C)=CC(C)=CC1)C(C)(C)C. The number of ether oxygens (including phenoxy) is 1. The van der Waals surface area contributed by atoms with Crippen molar-refractivity contribution in [2.45, 2.75) is 73.8 Å². The highest BCUT2D eigenvalue weighted by molar-refractivity contribution is 6.52. The number of allylic oxidation sites excluding steroid dienone is 8. The lowest BCUT2D eigenvalue weighted by atomic mass is 9.76. The van der Waals surface area contributed by atoms with Crippen molar-refractivity contribution in [1.82, 2.24) is 10.4 Å². The Morgan fingerprint density at radius 2 is 1.86 bits per heavy atom. The van der Waals surface area contributed by atoms with E-state index in [1.165, 1.54) is 5.01 Å². The van der Waals surface area contributed by atoms with Gasteiger partial charge in [0.25, 0.3) is 11.8 Å². The average molecular weight is 494 g/mol. The normalized spacial score (nSPS) is 19.7. The summed E-state index contributed by atoms with van der Waals surface area (Å²) in [4.78, 5) is 27.6. The minimum Gasteiger partial charge on any atom is -0.495 e. The van der Waals surface area contributed by atoms with Crippen LogP contribution in [0.3, 0.4) is 0 Å². The van der Waals surface area contributed by atoms with Gasteiger partial charge in [-0.1, -0.05) is 63.1 Å². The van der Waals surface area contributed by atoms with E-state index in [1.807, 2.05) is 45.9 Å². The summed E-state index contributed by atoms with van der Waals surface area (Å²) in [6.07, 6.45) is 10.9. The molecular formula is C28H39BN2O5. The second-order valence-corrected chi connectivity index (χ2v) is 10.7. The van der Waals surface area contributed by atoms with E-state index in [1.54, 1.807) is 12.2 Å². The Bertz CT molecular complexity index is 1090. The Balaban J connectivity index is 1.99. The van der Waals surface area contributed by atoms with Gasteiger partial charge in [-0.2, -0.15) is 0 Å². The van der Waals surface area contributed by atoms with Crippen LogP contribution in [0.1, 0.15) is 67.7 Å². The summed E-state index contributed by atoms with van der Waals surface area (Å²) in [5, 5.41) is 11.8. The van der Waals surface area contributed by atoms with Gasteiger partial charge in [0.1, 0.15) is 12.4 Å². The lowest BCUT2D eigenvalue weighted by Gasteiger charge is -2.40. The number of nitrogens with zero attached hydrogens (tertiary/aromatic N) is 1. The second-order valence-electron chi connectivity index (χ2n) is 10.7. The smallest absolute Gasteiger partial charge is 0.487 e. The van der Waals surface area contributed by atoms with Gasteiger partial charge < -0.3 is 14.4 Å².